The Morgan fingerprint density at radius 2 is 1.50 bits per heavy atom. The van der Waals surface area contributed by atoms with Gasteiger partial charge in [-0.05, 0) is 71.8 Å². The quantitative estimate of drug-likeness (QED) is 0.185. The number of imide groups is 2. The van der Waals surface area contributed by atoms with E-state index in [0.717, 1.165) is 16.0 Å². The molecule has 1 saturated heterocycles. The SMILES string of the molecule is O=C1NC(=O)N(c2ccc(OCc3ccccc3Cl)cc2)C(=O)/C1=C\c1cccc(OCc2cccc(Cl)c2)c1. The molecule has 200 valence electrons. The summed E-state index contributed by atoms with van der Waals surface area (Å²) in [6.07, 6.45) is 1.42. The Morgan fingerprint density at radius 3 is 2.27 bits per heavy atom. The van der Waals surface area contributed by atoms with E-state index >= 15 is 0 Å². The number of anilines is 1. The zero-order valence-corrected chi connectivity index (χ0v) is 22.5. The number of nitrogens with zero attached hydrogens (tertiary/aromatic N) is 1. The Morgan fingerprint density at radius 1 is 0.750 bits per heavy atom. The van der Waals surface area contributed by atoms with Crippen molar-refractivity contribution < 1.29 is 23.9 Å². The molecule has 5 rings (SSSR count). The lowest BCUT2D eigenvalue weighted by molar-refractivity contribution is -0.122. The number of urea groups is 1. The first-order valence-electron chi connectivity index (χ1n) is 12.2. The van der Waals surface area contributed by atoms with Crippen molar-refractivity contribution in [1.29, 1.82) is 0 Å². The maximum Gasteiger partial charge on any atom is 0.335 e. The maximum atomic E-state index is 13.3. The van der Waals surface area contributed by atoms with Crippen molar-refractivity contribution in [3.8, 4) is 11.5 Å². The zero-order chi connectivity index (χ0) is 28.1. The molecule has 0 saturated carbocycles. The van der Waals surface area contributed by atoms with Crippen LogP contribution in [0.2, 0.25) is 10.0 Å². The van der Waals surface area contributed by atoms with E-state index in [1.165, 1.54) is 6.08 Å². The van der Waals surface area contributed by atoms with E-state index in [1.807, 2.05) is 36.4 Å². The predicted octanol–water partition coefficient (Wildman–Crippen LogP) is 6.82. The van der Waals surface area contributed by atoms with Crippen molar-refractivity contribution in [2.45, 2.75) is 13.2 Å². The van der Waals surface area contributed by atoms with Gasteiger partial charge >= 0.3 is 6.03 Å². The van der Waals surface area contributed by atoms with Gasteiger partial charge in [-0.15, -0.1) is 0 Å². The fourth-order valence-corrected chi connectivity index (χ4v) is 4.42. The standard InChI is InChI=1S/C31H22Cl2N2O5/c32-23-8-3-6-21(15-23)18-39-26-9-4-5-20(16-26)17-27-29(36)34-31(38)35(30(27)37)24-11-13-25(14-12-24)40-19-22-7-1-2-10-28(22)33/h1-17H,18-19H2,(H,34,36,38)/b27-17-. The highest BCUT2D eigenvalue weighted by atomic mass is 35.5. The lowest BCUT2D eigenvalue weighted by Crippen LogP contribution is -2.54. The molecule has 0 radical (unpaired) electrons. The molecule has 40 heavy (non-hydrogen) atoms. The van der Waals surface area contributed by atoms with Crippen molar-refractivity contribution in [1.82, 2.24) is 5.32 Å². The van der Waals surface area contributed by atoms with E-state index in [1.54, 1.807) is 60.7 Å². The minimum absolute atomic E-state index is 0.189. The van der Waals surface area contributed by atoms with Crippen LogP contribution >= 0.6 is 23.2 Å². The number of carbonyl (C=O) groups excluding carboxylic acids is 3. The van der Waals surface area contributed by atoms with Crippen LogP contribution in [0.15, 0.2) is 103 Å². The molecule has 1 aliphatic heterocycles. The number of benzene rings is 4. The average molecular weight is 573 g/mol. The van der Waals surface area contributed by atoms with Gasteiger partial charge in [0.05, 0.1) is 5.69 Å². The van der Waals surface area contributed by atoms with E-state index in [4.69, 9.17) is 32.7 Å². The predicted molar refractivity (Wildman–Crippen MR) is 153 cm³/mol. The van der Waals surface area contributed by atoms with Gasteiger partial charge in [-0.25, -0.2) is 9.69 Å². The lowest BCUT2D eigenvalue weighted by atomic mass is 10.1. The van der Waals surface area contributed by atoms with E-state index in [0.29, 0.717) is 33.7 Å². The third kappa shape index (κ3) is 6.34. The molecule has 0 unspecified atom stereocenters. The third-order valence-electron chi connectivity index (χ3n) is 6.01. The van der Waals surface area contributed by atoms with Gasteiger partial charge in [0, 0.05) is 15.6 Å². The zero-order valence-electron chi connectivity index (χ0n) is 21.0. The lowest BCUT2D eigenvalue weighted by Gasteiger charge is -2.26. The molecule has 4 amide bonds. The summed E-state index contributed by atoms with van der Waals surface area (Å²) < 4.78 is 11.6. The number of amides is 4. The van der Waals surface area contributed by atoms with Gasteiger partial charge in [0.2, 0.25) is 0 Å². The smallest absolute Gasteiger partial charge is 0.335 e. The first kappa shape index (κ1) is 27.0. The van der Waals surface area contributed by atoms with Gasteiger partial charge < -0.3 is 9.47 Å². The summed E-state index contributed by atoms with van der Waals surface area (Å²) in [5.41, 5.74) is 2.37. The molecule has 0 aromatic heterocycles. The Hall–Kier alpha value is -4.59. The minimum Gasteiger partial charge on any atom is -0.489 e. The molecule has 1 heterocycles. The van der Waals surface area contributed by atoms with Crippen molar-refractivity contribution in [2.24, 2.45) is 0 Å². The average Bonchev–Trinajstić information content (AvgIpc) is 2.95. The van der Waals surface area contributed by atoms with Gasteiger partial charge in [0.15, 0.2) is 0 Å². The second kappa shape index (κ2) is 12.1. The maximum absolute atomic E-state index is 13.3. The van der Waals surface area contributed by atoms with E-state index in [9.17, 15) is 14.4 Å². The van der Waals surface area contributed by atoms with Crippen molar-refractivity contribution in [3.63, 3.8) is 0 Å². The Labute approximate surface area is 240 Å². The van der Waals surface area contributed by atoms with E-state index in [-0.39, 0.29) is 17.9 Å². The van der Waals surface area contributed by atoms with Crippen molar-refractivity contribution in [2.75, 3.05) is 4.90 Å². The van der Waals surface area contributed by atoms with Crippen LogP contribution in [0.4, 0.5) is 10.5 Å². The number of ether oxygens (including phenoxy) is 2. The van der Waals surface area contributed by atoms with Crippen LogP contribution in [-0.2, 0) is 22.8 Å². The molecule has 4 aromatic rings. The number of rotatable bonds is 8. The van der Waals surface area contributed by atoms with E-state index in [2.05, 4.69) is 5.32 Å². The highest BCUT2D eigenvalue weighted by molar-refractivity contribution is 6.39. The van der Waals surface area contributed by atoms with Gasteiger partial charge in [-0.1, -0.05) is 65.7 Å². The molecule has 1 fully saturated rings. The minimum atomic E-state index is -0.838. The summed E-state index contributed by atoms with van der Waals surface area (Å²) in [4.78, 5) is 39.4. The molecule has 1 N–H and O–H groups in total. The molecule has 0 atom stereocenters. The normalized spacial score (nSPS) is 14.3. The topological polar surface area (TPSA) is 84.9 Å². The molecule has 1 aliphatic rings. The summed E-state index contributed by atoms with van der Waals surface area (Å²) in [6.45, 7) is 0.547. The number of carbonyl (C=O) groups is 3. The molecular formula is C31H22Cl2N2O5. The summed E-state index contributed by atoms with van der Waals surface area (Å²) in [5, 5.41) is 3.44. The van der Waals surface area contributed by atoms with Crippen molar-refractivity contribution >= 4 is 52.8 Å². The Balaban J connectivity index is 1.30. The van der Waals surface area contributed by atoms with Crippen LogP contribution in [-0.4, -0.2) is 17.8 Å². The van der Waals surface area contributed by atoms with Crippen LogP contribution in [0.3, 0.4) is 0 Å². The number of nitrogens with one attached hydrogen (secondary N) is 1. The second-order valence-electron chi connectivity index (χ2n) is 8.82. The highest BCUT2D eigenvalue weighted by Gasteiger charge is 2.36. The van der Waals surface area contributed by atoms with Crippen LogP contribution in [0, 0.1) is 0 Å². The molecule has 9 heteroatoms. The Kier molecular flexibility index (Phi) is 8.15. The monoisotopic (exact) mass is 572 g/mol. The summed E-state index contributed by atoms with van der Waals surface area (Å²) in [5.74, 6) is -0.465. The molecule has 0 bridgehead atoms. The fraction of sp³-hybridized carbons (Fsp3) is 0.0645. The highest BCUT2D eigenvalue weighted by Crippen LogP contribution is 2.26. The summed E-state index contributed by atoms with van der Waals surface area (Å²) in [7, 11) is 0. The largest absolute Gasteiger partial charge is 0.489 e. The number of barbiturate groups is 1. The van der Waals surface area contributed by atoms with Crippen LogP contribution < -0.4 is 19.7 Å². The fourth-order valence-electron chi connectivity index (χ4n) is 4.01. The third-order valence-corrected chi connectivity index (χ3v) is 6.62. The number of halogens is 2. The number of hydrogen-bond acceptors (Lipinski definition) is 5. The van der Waals surface area contributed by atoms with Gasteiger partial charge in [0.1, 0.15) is 30.3 Å². The van der Waals surface area contributed by atoms with Gasteiger partial charge in [0.25, 0.3) is 11.8 Å². The number of hydrogen-bond donors (Lipinski definition) is 1. The van der Waals surface area contributed by atoms with Crippen LogP contribution in [0.1, 0.15) is 16.7 Å². The first-order valence-corrected chi connectivity index (χ1v) is 13.0. The summed E-state index contributed by atoms with van der Waals surface area (Å²) in [6, 6.07) is 27.2. The van der Waals surface area contributed by atoms with Gasteiger partial charge in [-0.3, -0.25) is 14.9 Å². The first-order chi connectivity index (χ1) is 19.4. The molecule has 0 aliphatic carbocycles. The van der Waals surface area contributed by atoms with Crippen LogP contribution in [0.25, 0.3) is 6.08 Å². The van der Waals surface area contributed by atoms with Crippen molar-refractivity contribution in [3.05, 3.63) is 129 Å². The molecule has 7 nitrogen and oxygen atoms in total. The van der Waals surface area contributed by atoms with Crippen LogP contribution in [0.5, 0.6) is 11.5 Å². The second-order valence-corrected chi connectivity index (χ2v) is 9.67. The van der Waals surface area contributed by atoms with E-state index < -0.39 is 17.8 Å². The molecule has 0 spiro atoms. The molecular weight excluding hydrogens is 551 g/mol. The van der Waals surface area contributed by atoms with Gasteiger partial charge in [-0.2, -0.15) is 0 Å². The summed E-state index contributed by atoms with van der Waals surface area (Å²) >= 11 is 12.2. The Bertz CT molecular complexity index is 1620. The molecule has 4 aromatic carbocycles.